The molecular formula is C18H20N4O3. The molecule has 7 nitrogen and oxygen atoms in total. The fourth-order valence-electron chi connectivity index (χ4n) is 3.11. The van der Waals surface area contributed by atoms with Crippen molar-refractivity contribution in [3.8, 4) is 0 Å². The molecular weight excluding hydrogens is 320 g/mol. The van der Waals surface area contributed by atoms with E-state index < -0.39 is 4.92 Å². The van der Waals surface area contributed by atoms with Crippen LogP contribution in [-0.2, 0) is 0 Å². The SMILES string of the molecule is O=C(NCC1CCN(c2ccncc2)CC1)c1ccccc1[N+](=O)[O-]. The third-order valence-corrected chi connectivity index (χ3v) is 4.54. The number of rotatable bonds is 5. The van der Waals surface area contributed by atoms with E-state index in [4.69, 9.17) is 0 Å². The van der Waals surface area contributed by atoms with Crippen LogP contribution >= 0.6 is 0 Å². The smallest absolute Gasteiger partial charge is 0.282 e. The van der Waals surface area contributed by atoms with Gasteiger partial charge in [0.15, 0.2) is 0 Å². The van der Waals surface area contributed by atoms with Gasteiger partial charge in [0.25, 0.3) is 11.6 Å². The number of carbonyl (C=O) groups excluding carboxylic acids is 1. The van der Waals surface area contributed by atoms with Gasteiger partial charge in [-0.05, 0) is 37.0 Å². The third-order valence-electron chi connectivity index (χ3n) is 4.54. The lowest BCUT2D eigenvalue weighted by Gasteiger charge is -2.33. The molecule has 0 unspecified atom stereocenters. The number of pyridine rings is 1. The first-order valence-corrected chi connectivity index (χ1v) is 8.32. The van der Waals surface area contributed by atoms with Crippen molar-refractivity contribution in [1.82, 2.24) is 10.3 Å². The number of nitro groups is 1. The average Bonchev–Trinajstić information content (AvgIpc) is 2.67. The Hall–Kier alpha value is -2.96. The molecule has 25 heavy (non-hydrogen) atoms. The number of anilines is 1. The number of nitrogens with zero attached hydrogens (tertiary/aromatic N) is 3. The molecule has 1 amide bonds. The lowest BCUT2D eigenvalue weighted by molar-refractivity contribution is -0.385. The largest absolute Gasteiger partial charge is 0.371 e. The second-order valence-electron chi connectivity index (χ2n) is 6.12. The molecule has 1 N–H and O–H groups in total. The molecule has 1 aromatic carbocycles. The summed E-state index contributed by atoms with van der Waals surface area (Å²) >= 11 is 0. The Morgan fingerprint density at radius 2 is 1.88 bits per heavy atom. The molecule has 0 bridgehead atoms. The lowest BCUT2D eigenvalue weighted by Crippen LogP contribution is -2.38. The minimum atomic E-state index is -0.526. The van der Waals surface area contributed by atoms with Gasteiger partial charge in [0.1, 0.15) is 5.56 Å². The molecule has 7 heteroatoms. The second kappa shape index (κ2) is 7.74. The molecule has 2 heterocycles. The van der Waals surface area contributed by atoms with E-state index >= 15 is 0 Å². The number of carbonyl (C=O) groups is 1. The van der Waals surface area contributed by atoms with Crippen molar-refractivity contribution in [2.45, 2.75) is 12.8 Å². The summed E-state index contributed by atoms with van der Waals surface area (Å²) in [6.07, 6.45) is 5.52. The lowest BCUT2D eigenvalue weighted by atomic mass is 9.96. The summed E-state index contributed by atoms with van der Waals surface area (Å²) in [5, 5.41) is 13.9. The minimum absolute atomic E-state index is 0.113. The topological polar surface area (TPSA) is 88.4 Å². The van der Waals surface area contributed by atoms with Crippen molar-refractivity contribution >= 4 is 17.3 Å². The van der Waals surface area contributed by atoms with E-state index in [1.54, 1.807) is 24.5 Å². The number of benzene rings is 1. The van der Waals surface area contributed by atoms with Gasteiger partial charge in [0.05, 0.1) is 4.92 Å². The van der Waals surface area contributed by atoms with Crippen LogP contribution in [0.4, 0.5) is 11.4 Å². The van der Waals surface area contributed by atoms with Gasteiger partial charge in [-0.25, -0.2) is 0 Å². The Balaban J connectivity index is 1.52. The van der Waals surface area contributed by atoms with Crippen molar-refractivity contribution in [2.24, 2.45) is 5.92 Å². The summed E-state index contributed by atoms with van der Waals surface area (Å²) in [5.74, 6) is -0.00586. The molecule has 0 atom stereocenters. The van der Waals surface area contributed by atoms with Gasteiger partial charge >= 0.3 is 0 Å². The highest BCUT2D eigenvalue weighted by Crippen LogP contribution is 2.23. The minimum Gasteiger partial charge on any atom is -0.371 e. The summed E-state index contributed by atoms with van der Waals surface area (Å²) in [5.41, 5.74) is 1.12. The quantitative estimate of drug-likeness (QED) is 0.668. The van der Waals surface area contributed by atoms with Crippen LogP contribution in [0.15, 0.2) is 48.8 Å². The molecule has 1 aliphatic rings. The highest BCUT2D eigenvalue weighted by atomic mass is 16.6. The van der Waals surface area contributed by atoms with Gasteiger partial charge in [-0.15, -0.1) is 0 Å². The highest BCUT2D eigenvalue weighted by Gasteiger charge is 2.22. The Bertz CT molecular complexity index is 743. The van der Waals surface area contributed by atoms with E-state index in [0.717, 1.165) is 31.6 Å². The van der Waals surface area contributed by atoms with E-state index in [1.807, 2.05) is 12.1 Å². The predicted octanol–water partition coefficient (Wildman–Crippen LogP) is 2.64. The van der Waals surface area contributed by atoms with E-state index in [1.165, 1.54) is 12.1 Å². The van der Waals surface area contributed by atoms with Crippen LogP contribution in [0.25, 0.3) is 0 Å². The van der Waals surface area contributed by atoms with Crippen LogP contribution in [0.2, 0.25) is 0 Å². The molecule has 130 valence electrons. The number of hydrogen-bond donors (Lipinski definition) is 1. The zero-order valence-electron chi connectivity index (χ0n) is 13.8. The van der Waals surface area contributed by atoms with E-state index in [9.17, 15) is 14.9 Å². The molecule has 0 saturated carbocycles. The number of nitrogens with one attached hydrogen (secondary N) is 1. The number of aromatic nitrogens is 1. The fraction of sp³-hybridized carbons (Fsp3) is 0.333. The van der Waals surface area contributed by atoms with Gasteiger partial charge in [-0.1, -0.05) is 12.1 Å². The van der Waals surface area contributed by atoms with Gasteiger partial charge in [0, 0.05) is 43.8 Å². The maximum absolute atomic E-state index is 12.3. The Morgan fingerprint density at radius 1 is 1.20 bits per heavy atom. The van der Waals surface area contributed by atoms with E-state index in [-0.39, 0.29) is 17.2 Å². The van der Waals surface area contributed by atoms with E-state index in [0.29, 0.717) is 12.5 Å². The molecule has 3 rings (SSSR count). The monoisotopic (exact) mass is 340 g/mol. The first-order chi connectivity index (χ1) is 12.1. The molecule has 1 aromatic heterocycles. The van der Waals surface area contributed by atoms with Gasteiger partial charge < -0.3 is 10.2 Å². The summed E-state index contributed by atoms with van der Waals surface area (Å²) in [6, 6.07) is 10.0. The van der Waals surface area contributed by atoms with Crippen molar-refractivity contribution in [3.05, 3.63) is 64.5 Å². The van der Waals surface area contributed by atoms with Crippen LogP contribution in [0.1, 0.15) is 23.2 Å². The van der Waals surface area contributed by atoms with Gasteiger partial charge in [0.2, 0.25) is 0 Å². The highest BCUT2D eigenvalue weighted by molar-refractivity contribution is 5.98. The molecule has 1 saturated heterocycles. The summed E-state index contributed by atoms with van der Waals surface area (Å²) in [7, 11) is 0. The first kappa shape index (κ1) is 16.9. The number of hydrogen-bond acceptors (Lipinski definition) is 5. The molecule has 0 aliphatic carbocycles. The normalized spacial score (nSPS) is 15.0. The van der Waals surface area contributed by atoms with Crippen molar-refractivity contribution in [2.75, 3.05) is 24.5 Å². The van der Waals surface area contributed by atoms with Crippen molar-refractivity contribution in [1.29, 1.82) is 0 Å². The predicted molar refractivity (Wildman–Crippen MR) is 94.6 cm³/mol. The Kier molecular flexibility index (Phi) is 5.23. The number of amides is 1. The van der Waals surface area contributed by atoms with Gasteiger partial charge in [-0.2, -0.15) is 0 Å². The summed E-state index contributed by atoms with van der Waals surface area (Å²) in [6.45, 7) is 2.39. The zero-order chi connectivity index (χ0) is 17.6. The Morgan fingerprint density at radius 3 is 2.56 bits per heavy atom. The van der Waals surface area contributed by atoms with Crippen molar-refractivity contribution < 1.29 is 9.72 Å². The maximum atomic E-state index is 12.3. The Labute approximate surface area is 145 Å². The zero-order valence-corrected chi connectivity index (χ0v) is 13.8. The number of piperidine rings is 1. The van der Waals surface area contributed by atoms with Crippen molar-refractivity contribution in [3.63, 3.8) is 0 Å². The second-order valence-corrected chi connectivity index (χ2v) is 6.12. The fourth-order valence-corrected chi connectivity index (χ4v) is 3.11. The average molecular weight is 340 g/mol. The van der Waals surface area contributed by atoms with Crippen LogP contribution in [0.3, 0.4) is 0 Å². The van der Waals surface area contributed by atoms with Crippen LogP contribution in [-0.4, -0.2) is 35.4 Å². The third kappa shape index (κ3) is 4.12. The molecule has 0 radical (unpaired) electrons. The van der Waals surface area contributed by atoms with E-state index in [2.05, 4.69) is 15.2 Å². The number of nitro benzene ring substituents is 1. The number of para-hydroxylation sites is 1. The molecule has 1 aliphatic heterocycles. The van der Waals surface area contributed by atoms with Gasteiger partial charge in [-0.3, -0.25) is 19.9 Å². The summed E-state index contributed by atoms with van der Waals surface area (Å²) in [4.78, 5) is 29.1. The standard InChI is InChI=1S/C18H20N4O3/c23-18(16-3-1-2-4-17(16)22(24)25)20-13-14-7-11-21(12-8-14)15-5-9-19-10-6-15/h1-6,9-10,14H,7-8,11-13H2,(H,20,23). The maximum Gasteiger partial charge on any atom is 0.282 e. The molecule has 2 aromatic rings. The van der Waals surface area contributed by atoms with Crippen LogP contribution in [0, 0.1) is 16.0 Å². The van der Waals surface area contributed by atoms with Crippen LogP contribution < -0.4 is 10.2 Å². The molecule has 0 spiro atoms. The summed E-state index contributed by atoms with van der Waals surface area (Å²) < 4.78 is 0. The van der Waals surface area contributed by atoms with Crippen LogP contribution in [0.5, 0.6) is 0 Å². The first-order valence-electron chi connectivity index (χ1n) is 8.32. The molecule has 1 fully saturated rings.